The van der Waals surface area contributed by atoms with Crippen LogP contribution in [0.4, 0.5) is 5.69 Å². The van der Waals surface area contributed by atoms with E-state index in [1.807, 2.05) is 72.6 Å². The molecule has 26 heavy (non-hydrogen) atoms. The lowest BCUT2D eigenvalue weighted by Crippen LogP contribution is -2.50. The van der Waals surface area contributed by atoms with Gasteiger partial charge < -0.3 is 5.32 Å². The van der Waals surface area contributed by atoms with Crippen LogP contribution in [0.5, 0.6) is 0 Å². The third kappa shape index (κ3) is 4.63. The summed E-state index contributed by atoms with van der Waals surface area (Å²) in [5.74, 6) is -0.439. The highest BCUT2D eigenvalue weighted by atomic mass is 16.2. The largest absolute Gasteiger partial charge is 0.353 e. The predicted molar refractivity (Wildman–Crippen MR) is 102 cm³/mol. The van der Waals surface area contributed by atoms with Gasteiger partial charge in [0.15, 0.2) is 0 Å². The van der Waals surface area contributed by atoms with Crippen LogP contribution in [0, 0.1) is 5.92 Å². The Kier molecular flexibility index (Phi) is 5.89. The van der Waals surface area contributed by atoms with Gasteiger partial charge in [0, 0.05) is 12.5 Å². The molecule has 2 aromatic rings. The number of nitrogens with zero attached hydrogens (tertiary/aromatic N) is 1. The van der Waals surface area contributed by atoms with Crippen molar-refractivity contribution >= 4 is 17.5 Å². The second kappa shape index (κ2) is 8.52. The molecule has 3 rings (SSSR count). The summed E-state index contributed by atoms with van der Waals surface area (Å²) in [5, 5.41) is 4.80. The summed E-state index contributed by atoms with van der Waals surface area (Å²) >= 11 is 0. The van der Waals surface area contributed by atoms with Gasteiger partial charge in [-0.25, -0.2) is 0 Å². The maximum Gasteiger partial charge on any atom is 0.242 e. The molecule has 0 saturated carbocycles. The molecule has 2 N–H and O–H groups in total. The lowest BCUT2D eigenvalue weighted by molar-refractivity contribution is -0.133. The van der Waals surface area contributed by atoms with Crippen molar-refractivity contribution in [3.63, 3.8) is 0 Å². The second-order valence-electron chi connectivity index (χ2n) is 6.69. The highest BCUT2D eigenvalue weighted by Gasteiger charge is 2.31. The van der Waals surface area contributed by atoms with E-state index in [0.29, 0.717) is 13.0 Å². The minimum Gasteiger partial charge on any atom is -0.353 e. The molecule has 1 saturated heterocycles. The Morgan fingerprint density at radius 2 is 1.77 bits per heavy atom. The minimum atomic E-state index is -0.296. The van der Waals surface area contributed by atoms with Gasteiger partial charge in [-0.05, 0) is 30.5 Å². The molecule has 136 valence electrons. The van der Waals surface area contributed by atoms with Crippen molar-refractivity contribution in [2.75, 3.05) is 5.01 Å². The van der Waals surface area contributed by atoms with Gasteiger partial charge in [0.2, 0.25) is 11.8 Å². The number of rotatable bonds is 6. The van der Waals surface area contributed by atoms with Crippen molar-refractivity contribution in [3.8, 4) is 0 Å². The molecule has 1 aliphatic rings. The fourth-order valence-electron chi connectivity index (χ4n) is 3.26. The van der Waals surface area contributed by atoms with Crippen LogP contribution in [0.1, 0.15) is 31.7 Å². The molecular formula is C21H25N3O2. The van der Waals surface area contributed by atoms with Crippen molar-refractivity contribution in [3.05, 3.63) is 66.2 Å². The number of nitrogens with one attached hydrogen (secondary N) is 2. The highest BCUT2D eigenvalue weighted by molar-refractivity contribution is 5.87. The van der Waals surface area contributed by atoms with Gasteiger partial charge in [0.25, 0.3) is 0 Å². The fourth-order valence-corrected chi connectivity index (χ4v) is 3.26. The van der Waals surface area contributed by atoms with Crippen LogP contribution >= 0.6 is 0 Å². The molecule has 0 aliphatic carbocycles. The Balaban J connectivity index is 1.74. The first-order valence-electron chi connectivity index (χ1n) is 9.12. The molecule has 2 amide bonds. The number of piperidine rings is 1. The summed E-state index contributed by atoms with van der Waals surface area (Å²) in [4.78, 5) is 24.7. The van der Waals surface area contributed by atoms with Crippen LogP contribution in [0.15, 0.2) is 60.7 Å². The van der Waals surface area contributed by atoms with Gasteiger partial charge in [-0.2, -0.15) is 0 Å². The van der Waals surface area contributed by atoms with Crippen LogP contribution in [-0.2, 0) is 16.1 Å². The monoisotopic (exact) mass is 351 g/mol. The molecule has 1 fully saturated rings. The summed E-state index contributed by atoms with van der Waals surface area (Å²) in [6.07, 6.45) is 1.76. The molecule has 0 radical (unpaired) electrons. The van der Waals surface area contributed by atoms with Crippen LogP contribution < -0.4 is 15.8 Å². The molecule has 1 heterocycles. The predicted octanol–water partition coefficient (Wildman–Crippen LogP) is 3.03. The first kappa shape index (κ1) is 18.0. The van der Waals surface area contributed by atoms with Crippen LogP contribution in [0.3, 0.4) is 0 Å². The zero-order chi connectivity index (χ0) is 18.4. The third-order valence-corrected chi connectivity index (χ3v) is 4.73. The number of hydrazine groups is 1. The van der Waals surface area contributed by atoms with Gasteiger partial charge >= 0.3 is 0 Å². The van der Waals surface area contributed by atoms with E-state index < -0.39 is 0 Å². The second-order valence-corrected chi connectivity index (χ2v) is 6.69. The van der Waals surface area contributed by atoms with Crippen LogP contribution in [-0.4, -0.2) is 17.9 Å². The Hall–Kier alpha value is -2.82. The average molecular weight is 351 g/mol. The zero-order valence-corrected chi connectivity index (χ0v) is 15.0. The van der Waals surface area contributed by atoms with E-state index in [4.69, 9.17) is 0 Å². The Labute approximate surface area is 154 Å². The molecule has 2 aromatic carbocycles. The van der Waals surface area contributed by atoms with Crippen LogP contribution in [0.2, 0.25) is 0 Å². The van der Waals surface area contributed by atoms with Crippen molar-refractivity contribution in [2.45, 2.75) is 38.8 Å². The number of amides is 2. The number of para-hydroxylation sites is 1. The summed E-state index contributed by atoms with van der Waals surface area (Å²) < 4.78 is 0. The lowest BCUT2D eigenvalue weighted by Gasteiger charge is -2.32. The van der Waals surface area contributed by atoms with Crippen molar-refractivity contribution in [1.82, 2.24) is 10.7 Å². The quantitative estimate of drug-likeness (QED) is 0.787. The Morgan fingerprint density at radius 1 is 1.12 bits per heavy atom. The summed E-state index contributed by atoms with van der Waals surface area (Å²) in [6.45, 7) is 2.59. The smallest absolute Gasteiger partial charge is 0.242 e. The van der Waals surface area contributed by atoms with Crippen molar-refractivity contribution in [1.29, 1.82) is 0 Å². The van der Waals surface area contributed by atoms with E-state index >= 15 is 0 Å². The number of hydrogen-bond acceptors (Lipinski definition) is 3. The van der Waals surface area contributed by atoms with Gasteiger partial charge in [-0.1, -0.05) is 55.5 Å². The first-order valence-corrected chi connectivity index (χ1v) is 9.12. The van der Waals surface area contributed by atoms with Crippen molar-refractivity contribution in [2.24, 2.45) is 5.92 Å². The van der Waals surface area contributed by atoms with E-state index in [9.17, 15) is 9.59 Å². The molecule has 0 aromatic heterocycles. The van der Waals surface area contributed by atoms with E-state index in [2.05, 4.69) is 10.7 Å². The molecule has 1 aliphatic heterocycles. The number of hydrogen-bond donors (Lipinski definition) is 2. The maximum atomic E-state index is 12.8. The first-order chi connectivity index (χ1) is 12.7. The normalized spacial score (nSPS) is 19.5. The number of benzene rings is 2. The van der Waals surface area contributed by atoms with E-state index in [1.165, 1.54) is 0 Å². The molecule has 0 unspecified atom stereocenters. The molecular weight excluding hydrogens is 326 g/mol. The van der Waals surface area contributed by atoms with Crippen LogP contribution in [0.25, 0.3) is 0 Å². The topological polar surface area (TPSA) is 61.4 Å². The zero-order valence-electron chi connectivity index (χ0n) is 15.0. The summed E-state index contributed by atoms with van der Waals surface area (Å²) in [5.41, 5.74) is 5.05. The number of anilines is 1. The Morgan fingerprint density at radius 3 is 2.42 bits per heavy atom. The molecule has 5 heteroatoms. The average Bonchev–Trinajstić information content (AvgIpc) is 2.68. The highest BCUT2D eigenvalue weighted by Crippen LogP contribution is 2.21. The van der Waals surface area contributed by atoms with E-state index in [1.54, 1.807) is 0 Å². The SMILES string of the molecule is CC[C@H]1C[C@@H](C(=O)NN(Cc2ccccc2)c2ccccc2)CC(=O)N1. The van der Waals surface area contributed by atoms with E-state index in [0.717, 1.165) is 17.7 Å². The summed E-state index contributed by atoms with van der Waals surface area (Å²) in [7, 11) is 0. The molecule has 0 spiro atoms. The number of carbonyl (C=O) groups is 2. The standard InChI is InChI=1S/C21H25N3O2/c1-2-18-13-17(14-20(25)22-18)21(26)23-24(19-11-7-4-8-12-19)15-16-9-5-3-6-10-16/h3-12,17-18H,2,13-15H2,1H3,(H,22,25)(H,23,26)/t17-,18+/m1/s1. The number of carbonyl (C=O) groups excluding carboxylic acids is 2. The van der Waals surface area contributed by atoms with Gasteiger partial charge in [0.05, 0.1) is 18.2 Å². The lowest BCUT2D eigenvalue weighted by atomic mass is 9.90. The maximum absolute atomic E-state index is 12.8. The Bertz CT molecular complexity index is 733. The molecule has 5 nitrogen and oxygen atoms in total. The van der Waals surface area contributed by atoms with Gasteiger partial charge in [-0.15, -0.1) is 0 Å². The van der Waals surface area contributed by atoms with Crippen molar-refractivity contribution < 1.29 is 9.59 Å². The van der Waals surface area contributed by atoms with Gasteiger partial charge in [-0.3, -0.25) is 20.0 Å². The fraction of sp³-hybridized carbons (Fsp3) is 0.333. The summed E-state index contributed by atoms with van der Waals surface area (Å²) in [6, 6.07) is 19.8. The third-order valence-electron chi connectivity index (χ3n) is 4.73. The molecule has 0 bridgehead atoms. The van der Waals surface area contributed by atoms with E-state index in [-0.39, 0.29) is 30.2 Å². The molecule has 2 atom stereocenters. The minimum absolute atomic E-state index is 0.0439. The van der Waals surface area contributed by atoms with Gasteiger partial charge in [0.1, 0.15) is 0 Å².